The first-order valence-electron chi connectivity index (χ1n) is 6.11. The van der Waals surface area contributed by atoms with Crippen LogP contribution in [0.25, 0.3) is 0 Å². The minimum Gasteiger partial charge on any atom is -0.457 e. The third-order valence-corrected chi connectivity index (χ3v) is 2.64. The third-order valence-electron chi connectivity index (χ3n) is 2.64. The summed E-state index contributed by atoms with van der Waals surface area (Å²) in [6.07, 6.45) is 0.975. The Bertz CT molecular complexity index is 454. The van der Waals surface area contributed by atoms with Crippen LogP contribution in [0, 0.1) is 0 Å². The van der Waals surface area contributed by atoms with Crippen LogP contribution in [0.4, 0.5) is 0 Å². The molecule has 0 atom stereocenters. The number of nitrogens with one attached hydrogen (secondary N) is 1. The van der Waals surface area contributed by atoms with Crippen molar-refractivity contribution in [2.45, 2.75) is 6.42 Å². The normalized spacial score (nSPS) is 10.3. The summed E-state index contributed by atoms with van der Waals surface area (Å²) in [5.41, 5.74) is 6.65. The van der Waals surface area contributed by atoms with Gasteiger partial charge in [0.1, 0.15) is 11.5 Å². The van der Waals surface area contributed by atoms with Crippen molar-refractivity contribution in [2.24, 2.45) is 5.73 Å². The second-order valence-electron chi connectivity index (χ2n) is 4.01. The molecule has 0 bridgehead atoms. The molecular formula is C15H18N2O. The van der Waals surface area contributed by atoms with Gasteiger partial charge in [-0.25, -0.2) is 0 Å². The summed E-state index contributed by atoms with van der Waals surface area (Å²) in [6, 6.07) is 17.9. The lowest BCUT2D eigenvalue weighted by atomic mass is 10.1. The number of para-hydroxylation sites is 1. The summed E-state index contributed by atoms with van der Waals surface area (Å²) in [6.45, 7) is 1.42. The Balaban J connectivity index is 1.91. The van der Waals surface area contributed by atoms with Gasteiger partial charge in [-0.2, -0.15) is 0 Å². The molecule has 3 nitrogen and oxygen atoms in total. The fourth-order valence-electron chi connectivity index (χ4n) is 1.68. The zero-order valence-electron chi connectivity index (χ0n) is 10.3. The quantitative estimate of drug-likeness (QED) is 0.604. The van der Waals surface area contributed by atoms with E-state index in [1.807, 2.05) is 42.5 Å². The number of nitrogens with two attached hydrogens (primary N) is 1. The van der Waals surface area contributed by atoms with E-state index in [0.717, 1.165) is 24.5 Å². The zero-order valence-corrected chi connectivity index (χ0v) is 10.3. The van der Waals surface area contributed by atoms with Gasteiger partial charge < -0.3 is 15.8 Å². The van der Waals surface area contributed by atoms with E-state index in [1.54, 1.807) is 0 Å². The molecule has 0 fully saturated rings. The molecule has 0 heterocycles. The molecule has 0 spiro atoms. The SMILES string of the molecule is NCNCCc1ccc(Oc2ccccc2)cc1. The lowest BCUT2D eigenvalue weighted by Crippen LogP contribution is -2.24. The van der Waals surface area contributed by atoms with E-state index in [-0.39, 0.29) is 0 Å². The van der Waals surface area contributed by atoms with E-state index in [0.29, 0.717) is 6.67 Å². The highest BCUT2D eigenvalue weighted by Gasteiger charge is 1.97. The molecule has 0 saturated heterocycles. The van der Waals surface area contributed by atoms with Crippen molar-refractivity contribution < 1.29 is 4.74 Å². The number of benzene rings is 2. The molecule has 0 aliphatic rings. The summed E-state index contributed by atoms with van der Waals surface area (Å²) in [5, 5.41) is 3.10. The predicted octanol–water partition coefficient (Wildman–Crippen LogP) is 2.53. The van der Waals surface area contributed by atoms with Crippen LogP contribution in [0.3, 0.4) is 0 Å². The van der Waals surface area contributed by atoms with E-state index in [9.17, 15) is 0 Å². The molecule has 0 aliphatic heterocycles. The minimum atomic E-state index is 0.523. The van der Waals surface area contributed by atoms with Gasteiger partial charge in [-0.1, -0.05) is 30.3 Å². The Labute approximate surface area is 108 Å². The molecule has 3 N–H and O–H groups in total. The minimum absolute atomic E-state index is 0.523. The summed E-state index contributed by atoms with van der Waals surface area (Å²) in [4.78, 5) is 0. The molecule has 2 aromatic rings. The smallest absolute Gasteiger partial charge is 0.127 e. The van der Waals surface area contributed by atoms with Crippen molar-refractivity contribution in [3.05, 3.63) is 60.2 Å². The lowest BCUT2D eigenvalue weighted by Gasteiger charge is -2.07. The van der Waals surface area contributed by atoms with Crippen LogP contribution in [-0.4, -0.2) is 13.2 Å². The number of hydrogen-bond acceptors (Lipinski definition) is 3. The fraction of sp³-hybridized carbons (Fsp3) is 0.200. The Morgan fingerprint density at radius 2 is 1.56 bits per heavy atom. The van der Waals surface area contributed by atoms with Crippen molar-refractivity contribution in [3.8, 4) is 11.5 Å². The molecule has 94 valence electrons. The van der Waals surface area contributed by atoms with E-state index in [1.165, 1.54) is 5.56 Å². The maximum atomic E-state index is 5.72. The van der Waals surface area contributed by atoms with E-state index in [4.69, 9.17) is 10.5 Å². The van der Waals surface area contributed by atoms with Crippen LogP contribution >= 0.6 is 0 Å². The standard InChI is InChI=1S/C15H18N2O/c16-12-17-11-10-13-6-8-15(9-7-13)18-14-4-2-1-3-5-14/h1-9,17H,10-12,16H2. The molecule has 3 heteroatoms. The van der Waals surface area contributed by atoms with Gasteiger partial charge in [0, 0.05) is 13.2 Å². The molecular weight excluding hydrogens is 224 g/mol. The third kappa shape index (κ3) is 3.87. The highest BCUT2D eigenvalue weighted by molar-refractivity contribution is 5.32. The van der Waals surface area contributed by atoms with Gasteiger partial charge in [0.15, 0.2) is 0 Å². The average molecular weight is 242 g/mol. The molecule has 0 unspecified atom stereocenters. The summed E-state index contributed by atoms with van der Waals surface area (Å²) in [5.74, 6) is 1.71. The van der Waals surface area contributed by atoms with Crippen LogP contribution in [-0.2, 0) is 6.42 Å². The summed E-state index contributed by atoms with van der Waals surface area (Å²) in [7, 11) is 0. The van der Waals surface area contributed by atoms with Gasteiger partial charge in [0.25, 0.3) is 0 Å². The molecule has 18 heavy (non-hydrogen) atoms. The Kier molecular flexibility index (Phi) is 4.76. The first-order chi connectivity index (χ1) is 8.88. The first-order valence-corrected chi connectivity index (χ1v) is 6.11. The molecule has 2 rings (SSSR count). The van der Waals surface area contributed by atoms with Crippen molar-refractivity contribution >= 4 is 0 Å². The Hall–Kier alpha value is -1.84. The van der Waals surface area contributed by atoms with Crippen molar-refractivity contribution in [2.75, 3.05) is 13.2 Å². The van der Waals surface area contributed by atoms with Gasteiger partial charge in [0.05, 0.1) is 0 Å². The fourth-order valence-corrected chi connectivity index (χ4v) is 1.68. The van der Waals surface area contributed by atoms with E-state index < -0.39 is 0 Å². The van der Waals surface area contributed by atoms with Crippen LogP contribution in [0.1, 0.15) is 5.56 Å². The topological polar surface area (TPSA) is 47.3 Å². The largest absolute Gasteiger partial charge is 0.457 e. The molecule has 2 aromatic carbocycles. The molecule has 0 saturated carbocycles. The highest BCUT2D eigenvalue weighted by atomic mass is 16.5. The molecule has 0 aliphatic carbocycles. The van der Waals surface area contributed by atoms with Crippen molar-refractivity contribution in [3.63, 3.8) is 0 Å². The highest BCUT2D eigenvalue weighted by Crippen LogP contribution is 2.21. The number of ether oxygens (including phenoxy) is 1. The maximum absolute atomic E-state index is 5.72. The Morgan fingerprint density at radius 3 is 2.22 bits per heavy atom. The second-order valence-corrected chi connectivity index (χ2v) is 4.01. The second kappa shape index (κ2) is 6.79. The molecule has 0 amide bonds. The monoisotopic (exact) mass is 242 g/mol. The first kappa shape index (κ1) is 12.6. The van der Waals surface area contributed by atoms with Gasteiger partial charge >= 0.3 is 0 Å². The number of rotatable bonds is 6. The Morgan fingerprint density at radius 1 is 0.889 bits per heavy atom. The lowest BCUT2D eigenvalue weighted by molar-refractivity contribution is 0.482. The van der Waals surface area contributed by atoms with Gasteiger partial charge in [-0.3, -0.25) is 0 Å². The summed E-state index contributed by atoms with van der Waals surface area (Å²) < 4.78 is 5.72. The van der Waals surface area contributed by atoms with E-state index >= 15 is 0 Å². The van der Waals surface area contributed by atoms with Crippen molar-refractivity contribution in [1.82, 2.24) is 5.32 Å². The zero-order chi connectivity index (χ0) is 12.6. The van der Waals surface area contributed by atoms with Crippen molar-refractivity contribution in [1.29, 1.82) is 0 Å². The summed E-state index contributed by atoms with van der Waals surface area (Å²) >= 11 is 0. The number of hydrogen-bond donors (Lipinski definition) is 2. The molecule has 0 aromatic heterocycles. The van der Waals surface area contributed by atoms with Gasteiger partial charge in [-0.05, 0) is 36.2 Å². The van der Waals surface area contributed by atoms with Crippen LogP contribution in [0.2, 0.25) is 0 Å². The van der Waals surface area contributed by atoms with Crippen LogP contribution < -0.4 is 15.8 Å². The predicted molar refractivity (Wildman–Crippen MR) is 73.7 cm³/mol. The van der Waals surface area contributed by atoms with Crippen LogP contribution in [0.5, 0.6) is 11.5 Å². The van der Waals surface area contributed by atoms with Crippen LogP contribution in [0.15, 0.2) is 54.6 Å². The molecule has 0 radical (unpaired) electrons. The maximum Gasteiger partial charge on any atom is 0.127 e. The van der Waals surface area contributed by atoms with E-state index in [2.05, 4.69) is 17.4 Å². The van der Waals surface area contributed by atoms with Gasteiger partial charge in [-0.15, -0.1) is 0 Å². The van der Waals surface area contributed by atoms with Gasteiger partial charge in [0.2, 0.25) is 0 Å². The average Bonchev–Trinajstić information content (AvgIpc) is 2.42.